The van der Waals surface area contributed by atoms with Crippen LogP contribution in [0.25, 0.3) is 0 Å². The minimum absolute atomic E-state index is 0.0119. The molecule has 20 heavy (non-hydrogen) atoms. The summed E-state index contributed by atoms with van der Waals surface area (Å²) in [5, 5.41) is 16.6. The number of aliphatic hydroxyl groups is 1. The number of hydrazone groups is 1. The first-order valence-electron chi connectivity index (χ1n) is 5.59. The normalized spacial score (nSPS) is 22.6. The van der Waals surface area contributed by atoms with Gasteiger partial charge in [0, 0.05) is 19.2 Å². The van der Waals surface area contributed by atoms with E-state index in [1.165, 1.54) is 0 Å². The van der Waals surface area contributed by atoms with Gasteiger partial charge in [-0.15, -0.1) is 0 Å². The lowest BCUT2D eigenvalue weighted by Gasteiger charge is -2.32. The van der Waals surface area contributed by atoms with Crippen LogP contribution in [0.5, 0.6) is 0 Å². The monoisotopic (exact) mass is 310 g/mol. The van der Waals surface area contributed by atoms with Gasteiger partial charge in [-0.05, 0) is 6.92 Å². The van der Waals surface area contributed by atoms with Crippen molar-refractivity contribution in [3.63, 3.8) is 0 Å². The van der Waals surface area contributed by atoms with E-state index in [9.17, 15) is 23.1 Å². The van der Waals surface area contributed by atoms with Gasteiger partial charge in [-0.1, -0.05) is 11.6 Å². The minimum Gasteiger partial charge on any atom is -0.362 e. The van der Waals surface area contributed by atoms with Crippen LogP contribution < -0.4 is 0 Å². The second-order valence-corrected chi connectivity index (χ2v) is 4.50. The van der Waals surface area contributed by atoms with Gasteiger partial charge in [0.05, 0.1) is 11.2 Å². The van der Waals surface area contributed by atoms with E-state index in [1.54, 1.807) is 6.92 Å². The van der Waals surface area contributed by atoms with Crippen LogP contribution >= 0.6 is 11.6 Å². The molecule has 0 saturated heterocycles. The van der Waals surface area contributed by atoms with Crippen molar-refractivity contribution >= 4 is 23.7 Å². The summed E-state index contributed by atoms with van der Waals surface area (Å²) in [5.74, 6) is -1.16. The zero-order valence-corrected chi connectivity index (χ0v) is 11.0. The van der Waals surface area contributed by atoms with E-state index in [1.807, 2.05) is 0 Å². The van der Waals surface area contributed by atoms with Gasteiger partial charge >= 0.3 is 6.18 Å². The maximum atomic E-state index is 12.9. The first-order chi connectivity index (χ1) is 9.22. The maximum absolute atomic E-state index is 12.9. The Bertz CT molecular complexity index is 571. The molecule has 0 saturated carbocycles. The van der Waals surface area contributed by atoms with E-state index in [4.69, 9.17) is 11.6 Å². The predicted octanol–water partition coefficient (Wildman–Crippen LogP) is 1.64. The summed E-state index contributed by atoms with van der Waals surface area (Å²) in [6.07, 6.45) is -3.90. The van der Waals surface area contributed by atoms with Crippen molar-refractivity contribution in [1.29, 1.82) is 0 Å². The van der Waals surface area contributed by atoms with Gasteiger partial charge in [-0.25, -0.2) is 0 Å². The molecule has 0 aliphatic carbocycles. The highest BCUT2D eigenvalue weighted by Crippen LogP contribution is 2.39. The molecular weight excluding hydrogens is 301 g/mol. The lowest BCUT2D eigenvalue weighted by molar-refractivity contribution is -0.297. The molecule has 2 rings (SSSR count). The number of nitrogens with zero attached hydrogens (tertiary/aromatic N) is 4. The van der Waals surface area contributed by atoms with Gasteiger partial charge in [0.15, 0.2) is 0 Å². The summed E-state index contributed by atoms with van der Waals surface area (Å²) in [7, 11) is 0. The lowest BCUT2D eigenvalue weighted by Crippen LogP contribution is -2.56. The Morgan fingerprint density at radius 2 is 2.25 bits per heavy atom. The third-order valence-electron chi connectivity index (χ3n) is 2.87. The fraction of sp³-hybridized carbons (Fsp3) is 0.500. The topological polar surface area (TPSA) is 70.7 Å². The van der Waals surface area contributed by atoms with Gasteiger partial charge in [-0.2, -0.15) is 28.4 Å². The number of rotatable bonds is 2. The summed E-state index contributed by atoms with van der Waals surface area (Å²) in [6.45, 7) is 1.87. The third kappa shape index (κ3) is 2.06. The molecule has 1 aliphatic heterocycles. The quantitative estimate of drug-likeness (QED) is 0.902. The first kappa shape index (κ1) is 14.8. The number of alkyl halides is 3. The zero-order chi connectivity index (χ0) is 15.1. The van der Waals surface area contributed by atoms with Crippen LogP contribution in [0.1, 0.15) is 23.8 Å². The molecule has 1 atom stereocenters. The van der Waals surface area contributed by atoms with Gasteiger partial charge in [0.2, 0.25) is 0 Å². The Labute approximate surface area is 116 Å². The maximum Gasteiger partial charge on any atom is 0.438 e. The van der Waals surface area contributed by atoms with E-state index in [-0.39, 0.29) is 22.3 Å². The van der Waals surface area contributed by atoms with E-state index in [0.29, 0.717) is 0 Å². The Hall–Kier alpha value is -1.61. The molecule has 110 valence electrons. The predicted molar refractivity (Wildman–Crippen MR) is 63.2 cm³/mol. The number of aryl methyl sites for hydroxylation is 1. The summed E-state index contributed by atoms with van der Waals surface area (Å²) >= 11 is 5.76. The van der Waals surface area contributed by atoms with Crippen molar-refractivity contribution in [3.8, 4) is 0 Å². The number of aromatic nitrogens is 2. The average molecular weight is 311 g/mol. The zero-order valence-electron chi connectivity index (χ0n) is 10.2. The SMILES string of the molecule is CCn1ncc(Cl)c1C(=O)N1N=CCC1(O)C(F)(F)F. The Morgan fingerprint density at radius 3 is 2.80 bits per heavy atom. The molecule has 0 radical (unpaired) electrons. The smallest absolute Gasteiger partial charge is 0.362 e. The van der Waals surface area contributed by atoms with E-state index >= 15 is 0 Å². The van der Waals surface area contributed by atoms with Crippen LogP contribution in [0.15, 0.2) is 11.3 Å². The lowest BCUT2D eigenvalue weighted by atomic mass is 10.1. The molecule has 0 aromatic carbocycles. The summed E-state index contributed by atoms with van der Waals surface area (Å²) < 4.78 is 39.8. The van der Waals surface area contributed by atoms with E-state index in [2.05, 4.69) is 10.2 Å². The molecule has 6 nitrogen and oxygen atoms in total. The number of amides is 1. The van der Waals surface area contributed by atoms with Crippen molar-refractivity contribution < 1.29 is 23.1 Å². The van der Waals surface area contributed by atoms with Crippen LogP contribution in [-0.2, 0) is 6.54 Å². The molecule has 1 aromatic rings. The largest absolute Gasteiger partial charge is 0.438 e. The van der Waals surface area contributed by atoms with Crippen molar-refractivity contribution in [1.82, 2.24) is 14.8 Å². The van der Waals surface area contributed by atoms with Crippen molar-refractivity contribution in [2.24, 2.45) is 5.10 Å². The van der Waals surface area contributed by atoms with Crippen LogP contribution in [0.3, 0.4) is 0 Å². The molecule has 0 bridgehead atoms. The average Bonchev–Trinajstić information content (AvgIpc) is 2.92. The van der Waals surface area contributed by atoms with Crippen LogP contribution in [-0.4, -0.2) is 43.9 Å². The van der Waals surface area contributed by atoms with Gasteiger partial charge in [0.25, 0.3) is 11.6 Å². The third-order valence-corrected chi connectivity index (χ3v) is 3.14. The summed E-state index contributed by atoms with van der Waals surface area (Å²) in [5.41, 5.74) is -3.62. The van der Waals surface area contributed by atoms with Gasteiger partial charge in [0.1, 0.15) is 5.69 Å². The van der Waals surface area contributed by atoms with Crippen LogP contribution in [0.4, 0.5) is 13.2 Å². The molecular formula is C10H10ClF3N4O2. The van der Waals surface area contributed by atoms with Crippen molar-refractivity contribution in [2.45, 2.75) is 31.8 Å². The van der Waals surface area contributed by atoms with Gasteiger partial charge < -0.3 is 5.11 Å². The fourth-order valence-corrected chi connectivity index (χ4v) is 2.03. The molecule has 1 aromatic heterocycles. The number of hydrogen-bond acceptors (Lipinski definition) is 4. The second-order valence-electron chi connectivity index (χ2n) is 4.09. The molecule has 1 amide bonds. The molecule has 0 spiro atoms. The number of carbonyl (C=O) groups excluding carboxylic acids is 1. The molecule has 0 fully saturated rings. The second kappa shape index (κ2) is 4.74. The molecule has 1 unspecified atom stereocenters. The summed E-state index contributed by atoms with van der Waals surface area (Å²) in [4.78, 5) is 12.2. The van der Waals surface area contributed by atoms with Crippen LogP contribution in [0.2, 0.25) is 5.02 Å². The first-order valence-corrected chi connectivity index (χ1v) is 5.97. The standard InChI is InChI=1S/C10H10ClF3N4O2/c1-2-17-7(6(11)5-16-17)8(19)18-9(20,3-4-15-18)10(12,13)14/h4-5,20H,2-3H2,1H3. The molecule has 2 heterocycles. The Morgan fingerprint density at radius 1 is 1.60 bits per heavy atom. The van der Waals surface area contributed by atoms with Crippen molar-refractivity contribution in [2.75, 3.05) is 0 Å². The van der Waals surface area contributed by atoms with Crippen molar-refractivity contribution in [3.05, 3.63) is 16.9 Å². The number of hydrogen-bond donors (Lipinski definition) is 1. The fourth-order valence-electron chi connectivity index (χ4n) is 1.80. The molecule has 10 heteroatoms. The van der Waals surface area contributed by atoms with Gasteiger partial charge in [-0.3, -0.25) is 9.48 Å². The number of carbonyl (C=O) groups is 1. The Kier molecular flexibility index (Phi) is 3.51. The highest BCUT2D eigenvalue weighted by atomic mass is 35.5. The Balaban J connectivity index is 2.43. The highest BCUT2D eigenvalue weighted by Gasteiger charge is 2.62. The van der Waals surface area contributed by atoms with Crippen LogP contribution in [0, 0.1) is 0 Å². The minimum atomic E-state index is -5.04. The molecule has 1 N–H and O–H groups in total. The van der Waals surface area contributed by atoms with E-state index in [0.717, 1.165) is 17.1 Å². The molecule has 1 aliphatic rings. The highest BCUT2D eigenvalue weighted by molar-refractivity contribution is 6.33. The number of halogens is 4. The summed E-state index contributed by atoms with van der Waals surface area (Å²) in [6, 6.07) is 0. The van der Waals surface area contributed by atoms with E-state index < -0.39 is 24.2 Å².